The van der Waals surface area contributed by atoms with Gasteiger partial charge in [-0.1, -0.05) is 36.2 Å². The van der Waals surface area contributed by atoms with Gasteiger partial charge in [-0.3, -0.25) is 0 Å². The summed E-state index contributed by atoms with van der Waals surface area (Å²) in [5, 5.41) is 4.92. The topological polar surface area (TPSA) is 12.0 Å². The summed E-state index contributed by atoms with van der Waals surface area (Å²) in [7, 11) is 0. The van der Waals surface area contributed by atoms with Crippen molar-refractivity contribution in [1.82, 2.24) is 5.32 Å². The van der Waals surface area contributed by atoms with Crippen LogP contribution >= 0.6 is 34.5 Å². The molecule has 1 fully saturated rings. The maximum absolute atomic E-state index is 6.12. The Morgan fingerprint density at radius 1 is 1.19 bits per heavy atom. The Morgan fingerprint density at radius 3 is 2.67 bits per heavy atom. The van der Waals surface area contributed by atoms with Gasteiger partial charge in [-0.25, -0.2) is 0 Å². The van der Waals surface area contributed by atoms with Crippen LogP contribution in [0.1, 0.15) is 37.1 Å². The zero-order valence-corrected chi connectivity index (χ0v) is 14.4. The van der Waals surface area contributed by atoms with Crippen molar-refractivity contribution in [2.45, 2.75) is 32.2 Å². The lowest BCUT2D eigenvalue weighted by atomic mass is 10.1. The van der Waals surface area contributed by atoms with Crippen LogP contribution in [0.25, 0.3) is 10.4 Å². The largest absolute Gasteiger partial charge is 0.309 e. The minimum absolute atomic E-state index is 0.520. The molecule has 112 valence electrons. The van der Waals surface area contributed by atoms with Crippen molar-refractivity contribution >= 4 is 34.5 Å². The van der Waals surface area contributed by atoms with Gasteiger partial charge in [0.1, 0.15) is 0 Å². The fraction of sp³-hybridized carbons (Fsp3) is 0.412. The second-order valence-electron chi connectivity index (χ2n) is 5.60. The number of nitrogens with one attached hydrogen (secondary N) is 1. The van der Waals surface area contributed by atoms with Gasteiger partial charge in [0.15, 0.2) is 0 Å². The SMILES string of the molecule is CCCNC(c1ccc(-c2ccc(Cl)c(Cl)c2)s1)C1CC1. The van der Waals surface area contributed by atoms with Crippen LogP contribution < -0.4 is 5.32 Å². The van der Waals surface area contributed by atoms with Crippen molar-refractivity contribution in [1.29, 1.82) is 0 Å². The molecule has 1 unspecified atom stereocenters. The first-order chi connectivity index (χ1) is 10.2. The molecule has 0 spiro atoms. The van der Waals surface area contributed by atoms with E-state index >= 15 is 0 Å². The van der Waals surface area contributed by atoms with Gasteiger partial charge in [0.2, 0.25) is 0 Å². The van der Waals surface area contributed by atoms with E-state index in [4.69, 9.17) is 23.2 Å². The molecule has 0 saturated heterocycles. The highest BCUT2D eigenvalue weighted by atomic mass is 35.5. The lowest BCUT2D eigenvalue weighted by Gasteiger charge is -2.16. The first-order valence-electron chi connectivity index (χ1n) is 7.47. The number of benzene rings is 1. The lowest BCUT2D eigenvalue weighted by Crippen LogP contribution is -2.22. The summed E-state index contributed by atoms with van der Waals surface area (Å²) >= 11 is 14.0. The van der Waals surface area contributed by atoms with Crippen molar-refractivity contribution < 1.29 is 0 Å². The predicted molar refractivity (Wildman–Crippen MR) is 93.5 cm³/mol. The summed E-state index contributed by atoms with van der Waals surface area (Å²) in [6.45, 7) is 3.30. The van der Waals surface area contributed by atoms with E-state index in [1.807, 2.05) is 29.5 Å². The second kappa shape index (κ2) is 6.70. The van der Waals surface area contributed by atoms with Crippen molar-refractivity contribution in [3.63, 3.8) is 0 Å². The van der Waals surface area contributed by atoms with E-state index in [9.17, 15) is 0 Å². The van der Waals surface area contributed by atoms with E-state index < -0.39 is 0 Å². The first kappa shape index (κ1) is 15.4. The van der Waals surface area contributed by atoms with Crippen molar-refractivity contribution in [2.24, 2.45) is 5.92 Å². The molecule has 1 aromatic carbocycles. The van der Waals surface area contributed by atoms with Crippen LogP contribution in [0.5, 0.6) is 0 Å². The van der Waals surface area contributed by atoms with Crippen LogP contribution in [-0.2, 0) is 0 Å². The number of thiophene rings is 1. The number of hydrogen-bond donors (Lipinski definition) is 1. The summed E-state index contributed by atoms with van der Waals surface area (Å²) in [6, 6.07) is 10.8. The second-order valence-corrected chi connectivity index (χ2v) is 7.53. The van der Waals surface area contributed by atoms with Crippen molar-refractivity contribution in [3.05, 3.63) is 45.3 Å². The van der Waals surface area contributed by atoms with Gasteiger partial charge in [0, 0.05) is 15.8 Å². The van der Waals surface area contributed by atoms with Gasteiger partial charge in [-0.15, -0.1) is 11.3 Å². The average molecular weight is 340 g/mol. The molecular weight excluding hydrogens is 321 g/mol. The van der Waals surface area contributed by atoms with Gasteiger partial charge in [-0.05, 0) is 61.6 Å². The average Bonchev–Trinajstić information content (AvgIpc) is 3.20. The molecule has 1 aliphatic carbocycles. The van der Waals surface area contributed by atoms with Gasteiger partial charge in [-0.2, -0.15) is 0 Å². The lowest BCUT2D eigenvalue weighted by molar-refractivity contribution is 0.488. The zero-order chi connectivity index (χ0) is 14.8. The molecule has 1 atom stereocenters. The third-order valence-electron chi connectivity index (χ3n) is 3.85. The number of hydrogen-bond acceptors (Lipinski definition) is 2. The standard InChI is InChI=1S/C17H19Cl2NS/c1-2-9-20-17(11-3-4-11)16-8-7-15(21-16)12-5-6-13(18)14(19)10-12/h5-8,10-11,17,20H,2-4,9H2,1H3. The molecule has 1 aromatic heterocycles. The minimum Gasteiger partial charge on any atom is -0.309 e. The molecule has 0 radical (unpaired) electrons. The molecule has 0 aliphatic heterocycles. The van der Waals surface area contributed by atoms with Crippen molar-refractivity contribution in [2.75, 3.05) is 6.54 Å². The van der Waals surface area contributed by atoms with Gasteiger partial charge in [0.05, 0.1) is 10.0 Å². The maximum atomic E-state index is 6.12. The van der Waals surface area contributed by atoms with E-state index in [0.29, 0.717) is 16.1 Å². The van der Waals surface area contributed by atoms with Crippen LogP contribution in [-0.4, -0.2) is 6.54 Å². The van der Waals surface area contributed by atoms with E-state index in [0.717, 1.165) is 18.0 Å². The fourth-order valence-electron chi connectivity index (χ4n) is 2.55. The molecular formula is C17H19Cl2NS. The maximum Gasteiger partial charge on any atom is 0.0598 e. The quantitative estimate of drug-likeness (QED) is 0.663. The molecule has 1 heterocycles. The monoisotopic (exact) mass is 339 g/mol. The Hall–Kier alpha value is -0.540. The molecule has 3 rings (SSSR count). The molecule has 1 saturated carbocycles. The van der Waals surface area contributed by atoms with E-state index in [-0.39, 0.29) is 0 Å². The van der Waals surface area contributed by atoms with Crippen LogP contribution in [0.4, 0.5) is 0 Å². The summed E-state index contributed by atoms with van der Waals surface area (Å²) < 4.78 is 0. The zero-order valence-electron chi connectivity index (χ0n) is 12.0. The van der Waals surface area contributed by atoms with Gasteiger partial charge < -0.3 is 5.32 Å². The Morgan fingerprint density at radius 2 is 2.00 bits per heavy atom. The highest BCUT2D eigenvalue weighted by Gasteiger charge is 2.32. The van der Waals surface area contributed by atoms with Gasteiger partial charge in [0.25, 0.3) is 0 Å². The molecule has 4 heteroatoms. The van der Waals surface area contributed by atoms with E-state index in [1.165, 1.54) is 29.0 Å². The van der Waals surface area contributed by atoms with Crippen LogP contribution in [0.15, 0.2) is 30.3 Å². The number of rotatable bonds is 6. The Kier molecular flexibility index (Phi) is 4.90. The number of halogens is 2. The van der Waals surface area contributed by atoms with Crippen LogP contribution in [0, 0.1) is 5.92 Å². The molecule has 1 aliphatic rings. The predicted octanol–water partition coefficient (Wildman–Crippen LogP) is 6.17. The third-order valence-corrected chi connectivity index (χ3v) is 5.80. The smallest absolute Gasteiger partial charge is 0.0598 e. The molecule has 1 N–H and O–H groups in total. The summed E-state index contributed by atoms with van der Waals surface area (Å²) in [4.78, 5) is 2.69. The molecule has 0 amide bonds. The van der Waals surface area contributed by atoms with E-state index in [2.05, 4.69) is 24.4 Å². The van der Waals surface area contributed by atoms with Crippen molar-refractivity contribution in [3.8, 4) is 10.4 Å². The van der Waals surface area contributed by atoms with Crippen LogP contribution in [0.2, 0.25) is 10.0 Å². The third kappa shape index (κ3) is 3.62. The Bertz CT molecular complexity index is 619. The van der Waals surface area contributed by atoms with Crippen LogP contribution in [0.3, 0.4) is 0 Å². The summed E-state index contributed by atoms with van der Waals surface area (Å²) in [5.41, 5.74) is 1.14. The fourth-order valence-corrected chi connectivity index (χ4v) is 4.03. The van der Waals surface area contributed by atoms with Gasteiger partial charge >= 0.3 is 0 Å². The highest BCUT2D eigenvalue weighted by Crippen LogP contribution is 2.44. The molecule has 1 nitrogen and oxygen atoms in total. The Labute approximate surface area is 140 Å². The molecule has 21 heavy (non-hydrogen) atoms. The summed E-state index contributed by atoms with van der Waals surface area (Å²) in [6.07, 6.45) is 3.87. The summed E-state index contributed by atoms with van der Waals surface area (Å²) in [5.74, 6) is 0.817. The highest BCUT2D eigenvalue weighted by molar-refractivity contribution is 7.15. The first-order valence-corrected chi connectivity index (χ1v) is 9.05. The Balaban J connectivity index is 1.82. The van der Waals surface area contributed by atoms with E-state index in [1.54, 1.807) is 0 Å². The normalized spacial score (nSPS) is 16.1. The minimum atomic E-state index is 0.520. The molecule has 0 bridgehead atoms. The molecule has 2 aromatic rings.